The molecule has 0 aliphatic rings. The van der Waals surface area contributed by atoms with Crippen LogP contribution >= 0.6 is 0 Å². The molecule has 9 nitrogen and oxygen atoms in total. The van der Waals surface area contributed by atoms with Gasteiger partial charge in [0.15, 0.2) is 11.6 Å². The topological polar surface area (TPSA) is 86.1 Å². The Bertz CT molecular complexity index is 5650. The lowest BCUT2D eigenvalue weighted by Crippen LogP contribution is -2.11. The maximum Gasteiger partial charge on any atom is 0.158 e. The molecule has 13 aromatic rings. The number of nitrogens with zero attached hydrogens (tertiary/aromatic N) is 3. The third kappa shape index (κ3) is 28.6. The molecule has 13 rings (SSSR count). The van der Waals surface area contributed by atoms with Crippen LogP contribution in [0.25, 0.3) is 123 Å². The molecule has 1 aromatic heterocycles. The monoisotopic (exact) mass is 1910 g/mol. The third-order valence-corrected chi connectivity index (χ3v) is 30.4. The Morgan fingerprint density at radius 2 is 0.479 bits per heavy atom. The first-order valence-corrected chi connectivity index (χ1v) is 55.0. The van der Waals surface area contributed by atoms with Gasteiger partial charge in [0.1, 0.15) is 40.3 Å². The van der Waals surface area contributed by atoms with E-state index < -0.39 is 0 Å². The van der Waals surface area contributed by atoms with Crippen LogP contribution in [0.3, 0.4) is 0 Å². The van der Waals surface area contributed by atoms with Crippen molar-refractivity contribution in [2.45, 2.75) is 305 Å². The molecule has 0 spiro atoms. The minimum Gasteiger partial charge on any atom is -0.493 e. The lowest BCUT2D eigenvalue weighted by molar-refractivity contribution is 0.233. The van der Waals surface area contributed by atoms with Crippen molar-refractivity contribution in [3.63, 3.8) is 0 Å². The van der Waals surface area contributed by atoms with E-state index in [0.29, 0.717) is 99.5 Å². The van der Waals surface area contributed by atoms with E-state index in [4.69, 9.17) is 38.5 Å². The van der Waals surface area contributed by atoms with Crippen LogP contribution in [0.5, 0.6) is 34.5 Å². The fraction of sp³-hybridized carbons (Fsp3) is 0.439. The molecule has 0 N–H and O–H groups in total. The van der Waals surface area contributed by atoms with E-state index in [1.165, 1.54) is 107 Å². The summed E-state index contributed by atoms with van der Waals surface area (Å²) in [5.41, 5.74) is 29.8. The first-order chi connectivity index (χ1) is 69.2. The Labute approximate surface area is 854 Å². The quantitative estimate of drug-likeness (QED) is 0.0373. The summed E-state index contributed by atoms with van der Waals surface area (Å²) in [6.07, 6.45) is 29.3. The summed E-state index contributed by atoms with van der Waals surface area (Å²) in [5, 5.41) is 5.51. The molecule has 0 fully saturated rings. The number of hydrogen-bond acceptors (Lipinski definition) is 8. The van der Waals surface area contributed by atoms with Crippen LogP contribution in [0, 0.1) is 82.9 Å². The summed E-state index contributed by atoms with van der Waals surface area (Å²) in [6.45, 7) is 47.4. The zero-order valence-electron chi connectivity index (χ0n) is 89.8. The average molecular weight is 1910 g/mol. The molecule has 0 radical (unpaired) electrons. The van der Waals surface area contributed by atoms with Crippen LogP contribution < -0.4 is 28.4 Å². The van der Waals surface area contributed by atoms with Gasteiger partial charge in [-0.3, -0.25) is 0 Å². The molecule has 1 heterocycles. The second-order valence-electron chi connectivity index (χ2n) is 40.9. The van der Waals surface area contributed by atoms with Gasteiger partial charge in [-0.2, -0.15) is 5.10 Å². The molecule has 10 heteroatoms. The number of ether oxygens (including phenoxy) is 6. The lowest BCUT2D eigenvalue weighted by Gasteiger charge is -2.22. The Hall–Kier alpha value is -11.5. The van der Waals surface area contributed by atoms with Gasteiger partial charge in [-0.05, 0) is 406 Å². The predicted octanol–water partition coefficient (Wildman–Crippen LogP) is 38.2. The maximum atomic E-state index is 17.6. The predicted molar refractivity (Wildman–Crippen MR) is 601 cm³/mol. The Balaban J connectivity index is 0.957. The van der Waals surface area contributed by atoms with Gasteiger partial charge in [0.25, 0.3) is 0 Å². The summed E-state index contributed by atoms with van der Waals surface area (Å²) in [4.78, 5) is 5.49. The zero-order valence-corrected chi connectivity index (χ0v) is 89.8. The maximum absolute atomic E-state index is 17.6. The molecule has 0 saturated heterocycles. The van der Waals surface area contributed by atoms with E-state index >= 15 is 4.39 Å². The second-order valence-corrected chi connectivity index (χ2v) is 40.9. The molecule has 6 atom stereocenters. The molecule has 0 amide bonds. The van der Waals surface area contributed by atoms with E-state index in [9.17, 15) is 0 Å². The van der Waals surface area contributed by atoms with E-state index in [1.54, 1.807) is 6.07 Å². The van der Waals surface area contributed by atoms with Crippen molar-refractivity contribution in [3.8, 4) is 157 Å². The Kier molecular flexibility index (Phi) is 41.2. The molecular weight excluding hydrogens is 1740 g/mol. The van der Waals surface area contributed by atoms with Gasteiger partial charge >= 0.3 is 0 Å². The first kappa shape index (κ1) is 108. The molecular formula is C132H166FN3O6. The first-order valence-electron chi connectivity index (χ1n) is 55.0. The zero-order chi connectivity index (χ0) is 101. The Morgan fingerprint density at radius 3 is 0.732 bits per heavy atom. The molecule has 752 valence electrons. The second kappa shape index (κ2) is 54.3. The van der Waals surface area contributed by atoms with E-state index in [-0.39, 0.29) is 5.82 Å². The van der Waals surface area contributed by atoms with E-state index in [1.807, 2.05) is 12.1 Å². The number of halogens is 1. The van der Waals surface area contributed by atoms with Crippen molar-refractivity contribution < 1.29 is 32.8 Å². The summed E-state index contributed by atoms with van der Waals surface area (Å²) in [7, 11) is 0. The van der Waals surface area contributed by atoms with Crippen molar-refractivity contribution in [2.75, 3.05) is 39.6 Å². The van der Waals surface area contributed by atoms with Gasteiger partial charge in [-0.15, -0.1) is 0 Å². The van der Waals surface area contributed by atoms with Crippen molar-refractivity contribution >= 4 is 0 Å². The summed E-state index contributed by atoms with van der Waals surface area (Å²) >= 11 is 0. The van der Waals surface area contributed by atoms with Crippen molar-refractivity contribution in [3.05, 3.63) is 275 Å². The van der Waals surface area contributed by atoms with Gasteiger partial charge < -0.3 is 28.4 Å². The van der Waals surface area contributed by atoms with Crippen LogP contribution in [0.4, 0.5) is 4.39 Å². The van der Waals surface area contributed by atoms with Crippen LogP contribution in [-0.4, -0.2) is 54.4 Å². The number of hydrogen-bond donors (Lipinski definition) is 0. The van der Waals surface area contributed by atoms with E-state index in [0.717, 1.165) is 244 Å². The summed E-state index contributed by atoms with van der Waals surface area (Å²) in [6, 6.07) is 81.9. The van der Waals surface area contributed by atoms with Crippen LogP contribution in [0.15, 0.2) is 224 Å². The highest BCUT2D eigenvalue weighted by Gasteiger charge is 2.26. The largest absolute Gasteiger partial charge is 0.493 e. The van der Waals surface area contributed by atoms with Gasteiger partial charge in [-0.1, -0.05) is 291 Å². The highest BCUT2D eigenvalue weighted by atomic mass is 19.1. The summed E-state index contributed by atoms with van der Waals surface area (Å²) in [5.74, 6) is 9.43. The molecule has 0 aliphatic heterocycles. The normalized spacial score (nSPS) is 12.8. The molecule has 0 bridgehead atoms. The fourth-order valence-electron chi connectivity index (χ4n) is 20.4. The number of aromatic nitrogens is 3. The number of unbranched alkanes of at least 4 members (excludes halogenated alkanes) is 6. The minimum absolute atomic E-state index is 0.309. The Morgan fingerprint density at radius 1 is 0.246 bits per heavy atom. The van der Waals surface area contributed by atoms with Crippen molar-refractivity contribution in [1.29, 1.82) is 0 Å². The number of rotatable bonds is 57. The molecule has 0 saturated carbocycles. The van der Waals surface area contributed by atoms with Crippen molar-refractivity contribution in [1.82, 2.24) is 14.8 Å². The smallest absolute Gasteiger partial charge is 0.158 e. The van der Waals surface area contributed by atoms with Crippen molar-refractivity contribution in [2.24, 2.45) is 35.5 Å². The van der Waals surface area contributed by atoms with E-state index in [2.05, 4.69) is 342 Å². The van der Waals surface area contributed by atoms with Gasteiger partial charge in [-0.25, -0.2) is 14.1 Å². The highest BCUT2D eigenvalue weighted by Crippen LogP contribution is 2.48. The lowest BCUT2D eigenvalue weighted by atomic mass is 9.83. The fourth-order valence-corrected chi connectivity index (χ4v) is 20.4. The highest BCUT2D eigenvalue weighted by molar-refractivity contribution is 5.92. The molecule has 142 heavy (non-hydrogen) atoms. The number of aryl methyl sites for hydroxylation is 3. The van der Waals surface area contributed by atoms with Gasteiger partial charge in [0.05, 0.1) is 46.2 Å². The van der Waals surface area contributed by atoms with Crippen LogP contribution in [-0.2, 0) is 13.0 Å². The molecule has 0 aliphatic carbocycles. The van der Waals surface area contributed by atoms with Crippen LogP contribution in [0.2, 0.25) is 0 Å². The minimum atomic E-state index is -0.309. The standard InChI is InChI=1S/C132H166FN3O6/c1-20-33-40-96(27-8)84-137-113-59-46-103(47-60-113)123-77-110(78-124(93(123)17)104-48-61-114(62-49-104)138-85-97(28-9)41-34-21-2)119-72-91(15)120(73-90(119)14)129-76-109(58-71-130(129)133)132-134-131(39-26-7)135-136(132)83-102-74-121(111-79-125(105-50-63-115(64-51-105)139-86-98(29-10)42-35-22-3)94(18)126(80-111)106-52-65-116(66-53-106)140-87-99(30-11)43-36-23-4)92(16)122(75-102)112-81-127(107-54-67-117(68-55-107)141-88-100(31-12)44-37-24-5)95(19)128(82-112)108-56-69-118(70-57-108)142-89-101(32-13)45-38-25-6/h46-82,96-101H,20-45,83-89H2,1-19H3. The third-order valence-electron chi connectivity index (χ3n) is 30.4. The molecule has 6 unspecified atom stereocenters. The van der Waals surface area contributed by atoms with Gasteiger partial charge in [0, 0.05) is 17.5 Å². The van der Waals surface area contributed by atoms with Crippen LogP contribution in [0.1, 0.15) is 295 Å². The molecule has 12 aromatic carbocycles. The summed E-state index contributed by atoms with van der Waals surface area (Å²) < 4.78 is 59.3. The number of benzene rings is 12. The van der Waals surface area contributed by atoms with Gasteiger partial charge in [0.2, 0.25) is 0 Å². The average Bonchev–Trinajstić information content (AvgIpc) is 1.15. The SMILES string of the molecule is CCCCC(CC)COc1ccc(-c2cc(-c3cc(C)c(-c4cc(-c5nc(CCC)nn5Cc5cc(-c6cc(-c7ccc(OCC(CC)CCCC)cc7)c(C)c(-c7ccc(OCC(CC)CCCC)cc7)c6)c(C)c(-c6cc(-c7ccc(OCC(CC)CCCC)cc7)c(C)c(-c7ccc(OCC(CC)CCCC)cc7)c6)c5)ccc4F)cc3C)cc(-c3ccc(OCC(CC)CCCC)cc3)c2C)cc1.